The Bertz CT molecular complexity index is 1150. The van der Waals surface area contributed by atoms with Gasteiger partial charge in [-0.3, -0.25) is 0 Å². The van der Waals surface area contributed by atoms with E-state index >= 15 is 0 Å². The first kappa shape index (κ1) is 28.3. The highest BCUT2D eigenvalue weighted by Crippen LogP contribution is 2.44. The van der Waals surface area contributed by atoms with E-state index < -0.39 is 0 Å². The molecule has 8 heteroatoms. The van der Waals surface area contributed by atoms with Gasteiger partial charge in [-0.15, -0.1) is 0 Å². The van der Waals surface area contributed by atoms with Crippen molar-refractivity contribution in [2.24, 2.45) is 0 Å². The van der Waals surface area contributed by atoms with E-state index in [1.807, 2.05) is 30.3 Å². The SMILES string of the molecule is CN(CCOCCOCCOCCOC(=O)c1ccccc1)C(=O)OCC1c2ccccc2-c2ccccc21. The molecule has 3 aromatic carbocycles. The molecule has 0 unspecified atom stereocenters. The van der Waals surface area contributed by atoms with Gasteiger partial charge in [0.25, 0.3) is 0 Å². The summed E-state index contributed by atoms with van der Waals surface area (Å²) < 4.78 is 27.2. The van der Waals surface area contributed by atoms with Crippen molar-refractivity contribution in [3.8, 4) is 11.1 Å². The zero-order valence-corrected chi connectivity index (χ0v) is 22.3. The first-order valence-corrected chi connectivity index (χ1v) is 13.2. The lowest BCUT2D eigenvalue weighted by molar-refractivity contribution is -0.00109. The quantitative estimate of drug-likeness (QED) is 0.205. The number of nitrogens with zero attached hydrogens (tertiary/aromatic N) is 1. The molecule has 0 atom stereocenters. The number of hydrogen-bond donors (Lipinski definition) is 0. The van der Waals surface area contributed by atoms with Crippen molar-refractivity contribution in [2.45, 2.75) is 5.92 Å². The van der Waals surface area contributed by atoms with E-state index in [1.54, 1.807) is 31.3 Å². The third-order valence-electron chi connectivity index (χ3n) is 6.43. The van der Waals surface area contributed by atoms with E-state index in [1.165, 1.54) is 27.2 Å². The molecule has 0 aromatic heterocycles. The van der Waals surface area contributed by atoms with Crippen LogP contribution in [0, 0.1) is 0 Å². The summed E-state index contributed by atoms with van der Waals surface area (Å²) in [5.74, 6) is -0.326. The van der Waals surface area contributed by atoms with Crippen molar-refractivity contribution in [2.75, 3.05) is 66.4 Å². The van der Waals surface area contributed by atoms with E-state index in [0.29, 0.717) is 58.4 Å². The zero-order valence-electron chi connectivity index (χ0n) is 22.3. The van der Waals surface area contributed by atoms with Gasteiger partial charge in [0, 0.05) is 19.5 Å². The molecule has 0 fully saturated rings. The molecule has 1 amide bonds. The molecule has 206 valence electrons. The van der Waals surface area contributed by atoms with E-state index in [4.69, 9.17) is 23.7 Å². The number of carbonyl (C=O) groups excluding carboxylic acids is 2. The average molecular weight is 534 g/mol. The molecular formula is C31H35NO7. The normalized spacial score (nSPS) is 12.0. The first-order chi connectivity index (χ1) is 19.1. The number of fused-ring (bicyclic) bond motifs is 3. The van der Waals surface area contributed by atoms with Gasteiger partial charge >= 0.3 is 12.1 Å². The van der Waals surface area contributed by atoms with Gasteiger partial charge < -0.3 is 28.6 Å². The van der Waals surface area contributed by atoms with E-state index in [2.05, 4.69) is 24.3 Å². The minimum Gasteiger partial charge on any atom is -0.460 e. The predicted molar refractivity (Wildman–Crippen MR) is 147 cm³/mol. The van der Waals surface area contributed by atoms with Crippen molar-refractivity contribution >= 4 is 12.1 Å². The maximum Gasteiger partial charge on any atom is 0.409 e. The molecule has 1 aliphatic carbocycles. The third kappa shape index (κ3) is 8.13. The predicted octanol–water partition coefficient (Wildman–Crippen LogP) is 4.77. The van der Waals surface area contributed by atoms with Crippen LogP contribution in [-0.2, 0) is 23.7 Å². The Morgan fingerprint density at radius 1 is 0.641 bits per heavy atom. The van der Waals surface area contributed by atoms with Gasteiger partial charge in [0.2, 0.25) is 0 Å². The molecule has 4 rings (SSSR count). The molecule has 0 spiro atoms. The van der Waals surface area contributed by atoms with E-state index in [-0.39, 0.29) is 24.6 Å². The van der Waals surface area contributed by atoms with Gasteiger partial charge in [0.05, 0.1) is 45.2 Å². The number of likely N-dealkylation sites (N-methyl/N-ethyl adjacent to an activating group) is 1. The Hall–Kier alpha value is -3.72. The minimum absolute atomic E-state index is 0.0384. The highest BCUT2D eigenvalue weighted by molar-refractivity contribution is 5.89. The molecule has 0 saturated heterocycles. The van der Waals surface area contributed by atoms with Crippen LogP contribution in [0.2, 0.25) is 0 Å². The Kier molecular flexibility index (Phi) is 10.9. The molecule has 0 heterocycles. The highest BCUT2D eigenvalue weighted by Gasteiger charge is 2.29. The lowest BCUT2D eigenvalue weighted by Crippen LogP contribution is -2.32. The summed E-state index contributed by atoms with van der Waals surface area (Å²) in [4.78, 5) is 25.9. The Labute approximate surface area is 229 Å². The van der Waals surface area contributed by atoms with Gasteiger partial charge in [-0.1, -0.05) is 66.7 Å². The fraction of sp³-hybridized carbons (Fsp3) is 0.355. The van der Waals surface area contributed by atoms with Gasteiger partial charge in [-0.25, -0.2) is 9.59 Å². The van der Waals surface area contributed by atoms with E-state index in [0.717, 1.165) is 0 Å². The minimum atomic E-state index is -0.372. The topological polar surface area (TPSA) is 83.5 Å². The molecule has 8 nitrogen and oxygen atoms in total. The van der Waals surface area contributed by atoms with Crippen LogP contribution in [0.3, 0.4) is 0 Å². The van der Waals surface area contributed by atoms with Crippen molar-refractivity contribution in [3.05, 3.63) is 95.6 Å². The number of amides is 1. The number of carbonyl (C=O) groups is 2. The van der Waals surface area contributed by atoms with Crippen LogP contribution in [0.1, 0.15) is 27.4 Å². The van der Waals surface area contributed by atoms with E-state index in [9.17, 15) is 9.59 Å². The van der Waals surface area contributed by atoms with Crippen LogP contribution >= 0.6 is 0 Å². The molecule has 0 aliphatic heterocycles. The molecule has 3 aromatic rings. The maximum absolute atomic E-state index is 12.5. The second-order valence-electron chi connectivity index (χ2n) is 9.06. The third-order valence-corrected chi connectivity index (χ3v) is 6.43. The van der Waals surface area contributed by atoms with Gasteiger partial charge in [0.15, 0.2) is 0 Å². The van der Waals surface area contributed by atoms with Crippen LogP contribution in [-0.4, -0.2) is 83.4 Å². The summed E-state index contributed by atoms with van der Waals surface area (Å²) in [5.41, 5.74) is 5.30. The van der Waals surface area contributed by atoms with Crippen LogP contribution in [0.15, 0.2) is 78.9 Å². The second kappa shape index (κ2) is 15.0. The molecule has 1 aliphatic rings. The fourth-order valence-corrected chi connectivity index (χ4v) is 4.39. The number of benzene rings is 3. The number of hydrogen-bond acceptors (Lipinski definition) is 7. The molecule has 0 radical (unpaired) electrons. The summed E-state index contributed by atoms with van der Waals surface area (Å²) in [7, 11) is 1.70. The van der Waals surface area contributed by atoms with Crippen molar-refractivity contribution in [3.63, 3.8) is 0 Å². The smallest absolute Gasteiger partial charge is 0.409 e. The Morgan fingerprint density at radius 2 is 1.15 bits per heavy atom. The van der Waals surface area contributed by atoms with Crippen LogP contribution in [0.4, 0.5) is 4.79 Å². The monoisotopic (exact) mass is 533 g/mol. The maximum atomic E-state index is 12.5. The lowest BCUT2D eigenvalue weighted by Gasteiger charge is -2.19. The average Bonchev–Trinajstić information content (AvgIpc) is 3.30. The van der Waals surface area contributed by atoms with Crippen LogP contribution < -0.4 is 0 Å². The lowest BCUT2D eigenvalue weighted by atomic mass is 9.98. The standard InChI is InChI=1S/C31H35NO7/c1-32(31(34)39-23-29-27-13-7-5-11-25(27)26-12-6-8-14-28(26)29)15-16-35-17-18-36-19-20-37-21-22-38-30(33)24-9-3-2-4-10-24/h2-14,29H,15-23H2,1H3. The summed E-state index contributed by atoms with van der Waals surface area (Å²) in [5, 5.41) is 0. The van der Waals surface area contributed by atoms with Crippen molar-refractivity contribution in [1.29, 1.82) is 0 Å². The second-order valence-corrected chi connectivity index (χ2v) is 9.06. The molecule has 0 saturated carbocycles. The summed E-state index contributed by atoms with van der Waals surface area (Å²) in [6, 6.07) is 25.4. The largest absolute Gasteiger partial charge is 0.460 e. The molecule has 0 bridgehead atoms. The first-order valence-electron chi connectivity index (χ1n) is 13.2. The molecule has 39 heavy (non-hydrogen) atoms. The van der Waals surface area contributed by atoms with Crippen molar-refractivity contribution < 1.29 is 33.3 Å². The Morgan fingerprint density at radius 3 is 1.77 bits per heavy atom. The van der Waals surface area contributed by atoms with Crippen LogP contribution in [0.25, 0.3) is 11.1 Å². The summed E-state index contributed by atoms with van der Waals surface area (Å²) in [6.07, 6.45) is -0.372. The summed E-state index contributed by atoms with van der Waals surface area (Å²) >= 11 is 0. The molecule has 0 N–H and O–H groups in total. The van der Waals surface area contributed by atoms with Gasteiger partial charge in [-0.05, 0) is 34.4 Å². The van der Waals surface area contributed by atoms with Gasteiger partial charge in [0.1, 0.15) is 13.2 Å². The zero-order chi connectivity index (χ0) is 27.3. The number of esters is 1. The summed E-state index contributed by atoms with van der Waals surface area (Å²) in [6.45, 7) is 3.23. The van der Waals surface area contributed by atoms with Crippen LogP contribution in [0.5, 0.6) is 0 Å². The highest BCUT2D eigenvalue weighted by atomic mass is 16.6. The van der Waals surface area contributed by atoms with Gasteiger partial charge in [-0.2, -0.15) is 0 Å². The molecular weight excluding hydrogens is 498 g/mol. The number of rotatable bonds is 15. The number of ether oxygens (including phenoxy) is 5. The van der Waals surface area contributed by atoms with Crippen molar-refractivity contribution in [1.82, 2.24) is 4.90 Å². The fourth-order valence-electron chi connectivity index (χ4n) is 4.39. The Balaban J connectivity index is 1.01.